The van der Waals surface area contributed by atoms with E-state index >= 15 is 0 Å². The third-order valence-electron chi connectivity index (χ3n) is 3.56. The summed E-state index contributed by atoms with van der Waals surface area (Å²) >= 11 is 1.20. The summed E-state index contributed by atoms with van der Waals surface area (Å²) in [6.07, 6.45) is 1.89. The van der Waals surface area contributed by atoms with Crippen molar-refractivity contribution in [2.45, 2.75) is 4.90 Å². The largest absolute Gasteiger partial charge is 0.281 e. The zero-order chi connectivity index (χ0) is 13.1. The predicted octanol–water partition coefficient (Wildman–Crippen LogP) is 3.20. The number of carbonyl (C=O) groups is 1. The van der Waals surface area contributed by atoms with E-state index in [2.05, 4.69) is 0 Å². The lowest BCUT2D eigenvalue weighted by molar-refractivity contribution is -0.644. The molecule has 0 saturated heterocycles. The van der Waals surface area contributed by atoms with Gasteiger partial charge in [0, 0.05) is 17.0 Å². The van der Waals surface area contributed by atoms with Gasteiger partial charge in [-0.2, -0.15) is 0 Å². The zero-order valence-electron chi connectivity index (χ0n) is 10.1. The van der Waals surface area contributed by atoms with Crippen LogP contribution in [0.3, 0.4) is 0 Å². The van der Waals surface area contributed by atoms with Gasteiger partial charge in [-0.15, -0.1) is 0 Å². The Balaban J connectivity index is 2.31. The van der Waals surface area contributed by atoms with Crippen LogP contribution in [0.2, 0.25) is 0 Å². The first-order chi connectivity index (χ1) is 9.15. The number of fused-ring (bicyclic) bond motifs is 2. The molecule has 0 unspecified atom stereocenters. The summed E-state index contributed by atoms with van der Waals surface area (Å²) in [6, 6.07) is 8.56. The molecule has 2 aromatic carbocycles. The highest BCUT2D eigenvalue weighted by molar-refractivity contribution is 8.15. The fraction of sp³-hybridized carbons (Fsp3) is 0.0667. The summed E-state index contributed by atoms with van der Waals surface area (Å²) in [5.74, 6) is -0.273. The van der Waals surface area contributed by atoms with Crippen LogP contribution in [0.4, 0.5) is 4.39 Å². The SMILES string of the molecule is C[n+]1ccc2c3c(c4cc(F)ccc4cc31)SC2=O. The van der Waals surface area contributed by atoms with Crippen molar-refractivity contribution in [2.24, 2.45) is 7.05 Å². The van der Waals surface area contributed by atoms with E-state index in [1.165, 1.54) is 23.9 Å². The smallest absolute Gasteiger partial charge is 0.225 e. The molecule has 1 aliphatic rings. The molecule has 0 aliphatic carbocycles. The Morgan fingerprint density at radius 2 is 2.05 bits per heavy atom. The molecule has 2 nitrogen and oxygen atoms in total. The van der Waals surface area contributed by atoms with Gasteiger partial charge in [0.1, 0.15) is 12.9 Å². The van der Waals surface area contributed by atoms with Crippen molar-refractivity contribution in [1.82, 2.24) is 0 Å². The molecule has 4 heteroatoms. The van der Waals surface area contributed by atoms with Crippen molar-refractivity contribution in [3.05, 3.63) is 47.9 Å². The van der Waals surface area contributed by atoms with Gasteiger partial charge in [-0.25, -0.2) is 8.96 Å². The van der Waals surface area contributed by atoms with Gasteiger partial charge in [-0.1, -0.05) is 6.07 Å². The summed E-state index contributed by atoms with van der Waals surface area (Å²) in [7, 11) is 1.95. The molecule has 0 fully saturated rings. The number of benzene rings is 2. The van der Waals surface area contributed by atoms with E-state index in [9.17, 15) is 9.18 Å². The monoisotopic (exact) mass is 270 g/mol. The summed E-state index contributed by atoms with van der Waals surface area (Å²) in [5, 5.41) is 2.75. The number of aromatic nitrogens is 1. The number of thioether (sulfide) groups is 1. The number of pyridine rings is 1. The molecule has 0 atom stereocenters. The predicted molar refractivity (Wildman–Crippen MR) is 72.8 cm³/mol. The van der Waals surface area contributed by atoms with Crippen LogP contribution in [0.15, 0.2) is 41.4 Å². The number of carbonyl (C=O) groups excluding carboxylic acids is 1. The molecule has 4 rings (SSSR count). The number of rotatable bonds is 0. The van der Waals surface area contributed by atoms with Gasteiger partial charge in [-0.3, -0.25) is 4.79 Å². The topological polar surface area (TPSA) is 20.9 Å². The maximum absolute atomic E-state index is 13.4. The molecule has 1 aliphatic heterocycles. The first-order valence-corrected chi connectivity index (χ1v) is 6.73. The third kappa shape index (κ3) is 1.37. The van der Waals surface area contributed by atoms with Gasteiger partial charge >= 0.3 is 0 Å². The Labute approximate surface area is 112 Å². The zero-order valence-corrected chi connectivity index (χ0v) is 10.9. The molecule has 1 aromatic heterocycles. The highest BCUT2D eigenvalue weighted by Gasteiger charge is 2.29. The van der Waals surface area contributed by atoms with Crippen molar-refractivity contribution in [2.75, 3.05) is 0 Å². The van der Waals surface area contributed by atoms with E-state index in [0.717, 1.165) is 32.1 Å². The van der Waals surface area contributed by atoms with Crippen molar-refractivity contribution >= 4 is 38.6 Å². The van der Waals surface area contributed by atoms with Crippen LogP contribution >= 0.6 is 11.8 Å². The molecule has 0 bridgehead atoms. The van der Waals surface area contributed by atoms with Crippen LogP contribution in [0.1, 0.15) is 10.4 Å². The van der Waals surface area contributed by atoms with Gasteiger partial charge in [0.25, 0.3) is 0 Å². The minimum absolute atomic E-state index is 0.0392. The van der Waals surface area contributed by atoms with Crippen molar-refractivity contribution in [3.8, 4) is 0 Å². The van der Waals surface area contributed by atoms with Gasteiger partial charge < -0.3 is 0 Å². The van der Waals surface area contributed by atoms with Gasteiger partial charge in [-0.05, 0) is 34.7 Å². The van der Waals surface area contributed by atoms with E-state index < -0.39 is 0 Å². The molecule has 0 saturated carbocycles. The van der Waals surface area contributed by atoms with E-state index in [-0.39, 0.29) is 10.9 Å². The van der Waals surface area contributed by atoms with E-state index in [1.807, 2.05) is 29.9 Å². The summed E-state index contributed by atoms with van der Waals surface area (Å²) in [4.78, 5) is 12.9. The Morgan fingerprint density at radius 1 is 1.21 bits per heavy atom. The lowest BCUT2D eigenvalue weighted by Crippen LogP contribution is -2.28. The molecular formula is C15H9FNOS+. The number of halogens is 1. The maximum atomic E-state index is 13.4. The van der Waals surface area contributed by atoms with E-state index in [0.29, 0.717) is 0 Å². The standard InChI is InChI=1S/C15H9FNOS/c1-17-5-4-10-13-12(17)6-8-2-3-9(16)7-11(8)14(13)19-15(10)18/h2-7H,1H3/q+1. The Kier molecular flexibility index (Phi) is 2.04. The normalized spacial score (nSPS) is 13.7. The van der Waals surface area contributed by atoms with Crippen LogP contribution < -0.4 is 4.57 Å². The van der Waals surface area contributed by atoms with Gasteiger partial charge in [0.2, 0.25) is 10.6 Å². The molecule has 3 aromatic rings. The van der Waals surface area contributed by atoms with Crippen molar-refractivity contribution in [1.29, 1.82) is 0 Å². The fourth-order valence-corrected chi connectivity index (χ4v) is 3.70. The minimum atomic E-state index is -0.273. The number of aryl methyl sites for hydroxylation is 1. The van der Waals surface area contributed by atoms with Crippen LogP contribution in [-0.4, -0.2) is 5.12 Å². The number of nitrogens with zero attached hydrogens (tertiary/aromatic N) is 1. The fourth-order valence-electron chi connectivity index (χ4n) is 2.63. The first kappa shape index (κ1) is 10.9. The molecule has 19 heavy (non-hydrogen) atoms. The second-order valence-corrected chi connectivity index (χ2v) is 5.68. The van der Waals surface area contributed by atoms with Crippen LogP contribution in [0.25, 0.3) is 21.7 Å². The van der Waals surface area contributed by atoms with Gasteiger partial charge in [0.15, 0.2) is 6.20 Å². The summed E-state index contributed by atoms with van der Waals surface area (Å²) < 4.78 is 15.4. The van der Waals surface area contributed by atoms with Crippen molar-refractivity contribution in [3.63, 3.8) is 0 Å². The van der Waals surface area contributed by atoms with Crippen LogP contribution in [0.5, 0.6) is 0 Å². The molecule has 2 heterocycles. The number of hydrogen-bond donors (Lipinski definition) is 0. The third-order valence-corrected chi connectivity index (χ3v) is 4.60. The molecule has 92 valence electrons. The average Bonchev–Trinajstić information content (AvgIpc) is 2.72. The maximum Gasteiger partial charge on any atom is 0.225 e. The molecular weight excluding hydrogens is 261 g/mol. The lowest BCUT2D eigenvalue weighted by Gasteiger charge is -2.04. The van der Waals surface area contributed by atoms with E-state index in [4.69, 9.17) is 0 Å². The summed E-state index contributed by atoms with van der Waals surface area (Å²) in [6.45, 7) is 0. The number of hydrogen-bond acceptors (Lipinski definition) is 2. The van der Waals surface area contributed by atoms with Crippen molar-refractivity contribution < 1.29 is 13.8 Å². The Hall–Kier alpha value is -1.94. The highest BCUT2D eigenvalue weighted by Crippen LogP contribution is 2.43. The molecule has 0 N–H and O–H groups in total. The second-order valence-electron chi connectivity index (χ2n) is 4.70. The average molecular weight is 270 g/mol. The summed E-state index contributed by atoms with van der Waals surface area (Å²) in [5.41, 5.74) is 1.73. The van der Waals surface area contributed by atoms with E-state index in [1.54, 1.807) is 6.07 Å². The quantitative estimate of drug-likeness (QED) is 0.462. The molecule has 0 amide bonds. The Morgan fingerprint density at radius 3 is 2.89 bits per heavy atom. The van der Waals surface area contributed by atoms with Gasteiger partial charge in [0.05, 0.1) is 10.9 Å². The Bertz CT molecular complexity index is 888. The lowest BCUT2D eigenvalue weighted by atomic mass is 10.0. The highest BCUT2D eigenvalue weighted by atomic mass is 32.2. The molecule has 0 radical (unpaired) electrons. The second kappa shape index (κ2) is 3.54. The minimum Gasteiger partial charge on any atom is -0.281 e. The van der Waals surface area contributed by atoms with Crippen LogP contribution in [-0.2, 0) is 7.05 Å². The van der Waals surface area contributed by atoms with Crippen LogP contribution in [0, 0.1) is 5.82 Å². The first-order valence-electron chi connectivity index (χ1n) is 5.92. The molecule has 0 spiro atoms.